The summed E-state index contributed by atoms with van der Waals surface area (Å²) in [6.45, 7) is 6.93. The smallest absolute Gasteiger partial charge is 0.308 e. The van der Waals surface area contributed by atoms with Crippen LogP contribution in [0.1, 0.15) is 40.5 Å². The second-order valence-electron chi connectivity index (χ2n) is 3.88. The van der Waals surface area contributed by atoms with Gasteiger partial charge in [-0.05, 0) is 27.2 Å². The molecule has 0 heterocycles. The van der Waals surface area contributed by atoms with Crippen molar-refractivity contribution in [3.8, 4) is 0 Å². The highest BCUT2D eigenvalue weighted by Gasteiger charge is 2.18. The summed E-state index contributed by atoms with van der Waals surface area (Å²) in [5, 5.41) is 8.25. The molecule has 4 nitrogen and oxygen atoms in total. The molecule has 0 saturated carbocycles. The molecule has 0 bridgehead atoms. The van der Waals surface area contributed by atoms with Gasteiger partial charge < -0.3 is 9.84 Å². The van der Waals surface area contributed by atoms with Crippen LogP contribution in [-0.2, 0) is 14.3 Å². The highest BCUT2D eigenvalue weighted by Crippen LogP contribution is 2.11. The zero-order chi connectivity index (χ0) is 11.8. The molecular formula is C10H20O4. The van der Waals surface area contributed by atoms with Gasteiger partial charge in [0.05, 0.1) is 12.5 Å². The van der Waals surface area contributed by atoms with Crippen molar-refractivity contribution in [2.24, 2.45) is 5.41 Å². The van der Waals surface area contributed by atoms with E-state index >= 15 is 0 Å². The Labute approximate surface area is 85.3 Å². The third-order valence-corrected chi connectivity index (χ3v) is 1.32. The molecule has 1 N–H and O–H groups in total. The van der Waals surface area contributed by atoms with Crippen LogP contribution in [0.5, 0.6) is 0 Å². The van der Waals surface area contributed by atoms with E-state index in [1.807, 2.05) is 6.92 Å². The first-order valence-electron chi connectivity index (χ1n) is 4.55. The third kappa shape index (κ3) is 10.9. The molecule has 0 aromatic heterocycles. The topological polar surface area (TPSA) is 63.6 Å². The maximum atomic E-state index is 10.2. The number of hydrogen-bond acceptors (Lipinski definition) is 3. The molecule has 0 fully saturated rings. The van der Waals surface area contributed by atoms with Crippen LogP contribution < -0.4 is 0 Å². The fourth-order valence-corrected chi connectivity index (χ4v) is 0.306. The Morgan fingerprint density at radius 2 is 1.64 bits per heavy atom. The molecule has 0 rings (SSSR count). The van der Waals surface area contributed by atoms with Gasteiger partial charge in [-0.3, -0.25) is 9.59 Å². The third-order valence-electron chi connectivity index (χ3n) is 1.32. The van der Waals surface area contributed by atoms with Crippen LogP contribution in [0.15, 0.2) is 0 Å². The second-order valence-corrected chi connectivity index (χ2v) is 3.88. The lowest BCUT2D eigenvalue weighted by atomic mass is 9.98. The van der Waals surface area contributed by atoms with Gasteiger partial charge in [-0.2, -0.15) is 0 Å². The summed E-state index contributed by atoms with van der Waals surface area (Å²) < 4.78 is 4.35. The van der Waals surface area contributed by atoms with E-state index in [0.717, 1.165) is 6.42 Å². The van der Waals surface area contributed by atoms with Crippen LogP contribution in [-0.4, -0.2) is 24.2 Å². The minimum atomic E-state index is -0.757. The van der Waals surface area contributed by atoms with Crippen LogP contribution in [0.3, 0.4) is 0 Å². The lowest BCUT2D eigenvalue weighted by Gasteiger charge is -2.08. The standard InChI is InChI=1S/2C5H10O2/c1-5(2,3)4(6)7;1-3-4-5(6)7-2/h1-3H3,(H,6,7);3-4H2,1-2H3. The number of carboxylic acids is 1. The van der Waals surface area contributed by atoms with E-state index in [9.17, 15) is 9.59 Å². The van der Waals surface area contributed by atoms with Crippen molar-refractivity contribution < 1.29 is 19.4 Å². The van der Waals surface area contributed by atoms with Crippen molar-refractivity contribution >= 4 is 11.9 Å². The van der Waals surface area contributed by atoms with Crippen LogP contribution >= 0.6 is 0 Å². The van der Waals surface area contributed by atoms with Gasteiger partial charge in [0.25, 0.3) is 0 Å². The number of ether oxygens (including phenoxy) is 1. The molecule has 0 amide bonds. The quantitative estimate of drug-likeness (QED) is 0.699. The number of carbonyl (C=O) groups is 2. The highest BCUT2D eigenvalue weighted by atomic mass is 16.5. The molecule has 0 aliphatic carbocycles. The number of carbonyl (C=O) groups excluding carboxylic acids is 1. The van der Waals surface area contributed by atoms with Crippen molar-refractivity contribution in [1.82, 2.24) is 0 Å². The zero-order valence-corrected chi connectivity index (χ0v) is 9.59. The van der Waals surface area contributed by atoms with Crippen molar-refractivity contribution in [2.75, 3.05) is 7.11 Å². The SMILES string of the molecule is CC(C)(C)C(=O)O.CCCC(=O)OC. The maximum Gasteiger partial charge on any atom is 0.308 e. The Hall–Kier alpha value is -1.06. The number of aliphatic carboxylic acids is 1. The maximum absolute atomic E-state index is 10.2. The summed E-state index contributed by atoms with van der Waals surface area (Å²) in [5.74, 6) is -0.880. The molecule has 0 aliphatic heterocycles. The van der Waals surface area contributed by atoms with Gasteiger partial charge in [0.1, 0.15) is 0 Å². The summed E-state index contributed by atoms with van der Waals surface area (Å²) in [4.78, 5) is 20.2. The normalized spacial score (nSPS) is 9.79. The summed E-state index contributed by atoms with van der Waals surface area (Å²) in [5.41, 5.74) is -0.583. The van der Waals surface area contributed by atoms with Gasteiger partial charge in [0, 0.05) is 6.42 Å². The Morgan fingerprint density at radius 1 is 1.29 bits per heavy atom. The number of rotatable bonds is 2. The molecule has 0 atom stereocenters. The predicted octanol–water partition coefficient (Wildman–Crippen LogP) is 2.08. The van der Waals surface area contributed by atoms with E-state index in [-0.39, 0.29) is 5.97 Å². The molecule has 0 saturated heterocycles. The molecule has 0 aliphatic rings. The molecule has 84 valence electrons. The van der Waals surface area contributed by atoms with Crippen molar-refractivity contribution in [3.05, 3.63) is 0 Å². The van der Waals surface area contributed by atoms with Crippen LogP contribution in [0.4, 0.5) is 0 Å². The molecule has 4 heteroatoms. The fraction of sp³-hybridized carbons (Fsp3) is 0.800. The van der Waals surface area contributed by atoms with Gasteiger partial charge in [0.15, 0.2) is 0 Å². The van der Waals surface area contributed by atoms with Crippen molar-refractivity contribution in [2.45, 2.75) is 40.5 Å². The molecule has 0 radical (unpaired) electrons. The average molecular weight is 204 g/mol. The van der Waals surface area contributed by atoms with Gasteiger partial charge in [-0.15, -0.1) is 0 Å². The molecule has 0 aromatic carbocycles. The van der Waals surface area contributed by atoms with Gasteiger partial charge in [-0.25, -0.2) is 0 Å². The van der Waals surface area contributed by atoms with Crippen LogP contribution in [0.2, 0.25) is 0 Å². The number of carboxylic acid groups (broad SMARTS) is 1. The summed E-state index contributed by atoms with van der Waals surface area (Å²) >= 11 is 0. The minimum Gasteiger partial charge on any atom is -0.481 e. The first-order valence-corrected chi connectivity index (χ1v) is 4.55. The van der Waals surface area contributed by atoms with Crippen molar-refractivity contribution in [1.29, 1.82) is 0 Å². The van der Waals surface area contributed by atoms with Gasteiger partial charge in [0.2, 0.25) is 0 Å². The first-order chi connectivity index (χ1) is 6.25. The van der Waals surface area contributed by atoms with E-state index in [2.05, 4.69) is 4.74 Å². The van der Waals surface area contributed by atoms with E-state index in [1.165, 1.54) is 7.11 Å². The fourth-order valence-electron chi connectivity index (χ4n) is 0.306. The Bertz CT molecular complexity index is 179. The number of hydrogen-bond donors (Lipinski definition) is 1. The van der Waals surface area contributed by atoms with E-state index < -0.39 is 11.4 Å². The second kappa shape index (κ2) is 7.35. The van der Waals surface area contributed by atoms with Crippen LogP contribution in [0, 0.1) is 5.41 Å². The Balaban J connectivity index is 0. The lowest BCUT2D eigenvalue weighted by Crippen LogP contribution is -2.18. The molecule has 14 heavy (non-hydrogen) atoms. The first kappa shape index (κ1) is 15.4. The lowest BCUT2D eigenvalue weighted by molar-refractivity contribution is -0.146. The molecular weight excluding hydrogens is 184 g/mol. The highest BCUT2D eigenvalue weighted by molar-refractivity contribution is 5.72. The van der Waals surface area contributed by atoms with E-state index in [0.29, 0.717) is 6.42 Å². The summed E-state index contributed by atoms with van der Waals surface area (Å²) in [7, 11) is 1.40. The Morgan fingerprint density at radius 3 is 1.71 bits per heavy atom. The largest absolute Gasteiger partial charge is 0.481 e. The van der Waals surface area contributed by atoms with Gasteiger partial charge >= 0.3 is 11.9 Å². The number of methoxy groups -OCH3 is 1. The summed E-state index contributed by atoms with van der Waals surface area (Å²) in [6, 6.07) is 0. The summed E-state index contributed by atoms with van der Waals surface area (Å²) in [6.07, 6.45) is 1.41. The average Bonchev–Trinajstić information content (AvgIpc) is 2.04. The monoisotopic (exact) mass is 204 g/mol. The predicted molar refractivity (Wildman–Crippen MR) is 54.0 cm³/mol. The van der Waals surface area contributed by atoms with E-state index in [1.54, 1.807) is 20.8 Å². The molecule has 0 aromatic rings. The zero-order valence-electron chi connectivity index (χ0n) is 9.59. The van der Waals surface area contributed by atoms with Crippen molar-refractivity contribution in [3.63, 3.8) is 0 Å². The van der Waals surface area contributed by atoms with E-state index in [4.69, 9.17) is 5.11 Å². The molecule has 0 spiro atoms. The Kier molecular flexibility index (Phi) is 8.10. The van der Waals surface area contributed by atoms with Crippen LogP contribution in [0.25, 0.3) is 0 Å². The number of esters is 1. The molecule has 0 unspecified atom stereocenters. The minimum absolute atomic E-state index is 0.123. The van der Waals surface area contributed by atoms with Gasteiger partial charge in [-0.1, -0.05) is 6.92 Å².